The highest BCUT2D eigenvalue weighted by molar-refractivity contribution is 5.90. The zero-order valence-electron chi connectivity index (χ0n) is 8.41. The molecule has 4 heteroatoms. The second kappa shape index (κ2) is 3.08. The van der Waals surface area contributed by atoms with Gasteiger partial charge in [0.25, 0.3) is 0 Å². The molecule has 0 aromatic carbocycles. The lowest BCUT2D eigenvalue weighted by molar-refractivity contribution is -0.122. The molecular formula is C11H12N2O2. The first-order valence-corrected chi connectivity index (χ1v) is 4.73. The van der Waals surface area contributed by atoms with E-state index >= 15 is 0 Å². The van der Waals surface area contributed by atoms with Crippen LogP contribution >= 0.6 is 0 Å². The Morgan fingerprint density at radius 1 is 1.60 bits per heavy atom. The summed E-state index contributed by atoms with van der Waals surface area (Å²) in [6.45, 7) is 1.73. The van der Waals surface area contributed by atoms with E-state index in [2.05, 4.69) is 5.32 Å². The number of nitrogens with two attached hydrogens (primary N) is 1. The summed E-state index contributed by atoms with van der Waals surface area (Å²) in [5.74, 6) is -0.463. The topological polar surface area (TPSA) is 72.2 Å². The molecule has 78 valence electrons. The van der Waals surface area contributed by atoms with Gasteiger partial charge in [0, 0.05) is 5.70 Å². The number of hydrogen-bond acceptors (Lipinski definition) is 2. The molecule has 1 aliphatic heterocycles. The van der Waals surface area contributed by atoms with Crippen LogP contribution < -0.4 is 11.1 Å². The second-order valence-electron chi connectivity index (χ2n) is 3.98. The summed E-state index contributed by atoms with van der Waals surface area (Å²) in [7, 11) is 0. The van der Waals surface area contributed by atoms with E-state index in [0.717, 1.165) is 11.3 Å². The number of amides is 2. The molecule has 2 aliphatic rings. The first kappa shape index (κ1) is 9.71. The van der Waals surface area contributed by atoms with Crippen LogP contribution in [0.4, 0.5) is 0 Å². The number of nitrogens with one attached hydrogen (secondary N) is 1. The SMILES string of the molecule is CC1(C(N)=O)C=CC=C2NC(=O)CC2=C1. The number of carbonyl (C=O) groups excluding carboxylic acids is 2. The van der Waals surface area contributed by atoms with Gasteiger partial charge in [0.1, 0.15) is 0 Å². The van der Waals surface area contributed by atoms with Crippen molar-refractivity contribution in [1.29, 1.82) is 0 Å². The standard InChI is InChI=1S/C11H12N2O2/c1-11(10(12)15)4-2-3-8-7(6-11)5-9(14)13-8/h2-4,6H,5H2,1H3,(H2,12,15)(H,13,14). The lowest BCUT2D eigenvalue weighted by Gasteiger charge is -2.17. The number of rotatable bonds is 1. The average molecular weight is 204 g/mol. The Labute approximate surface area is 87.5 Å². The fourth-order valence-electron chi connectivity index (χ4n) is 1.73. The summed E-state index contributed by atoms with van der Waals surface area (Å²) < 4.78 is 0. The molecule has 0 saturated carbocycles. The van der Waals surface area contributed by atoms with E-state index in [0.29, 0.717) is 6.42 Å². The van der Waals surface area contributed by atoms with Crippen molar-refractivity contribution in [3.8, 4) is 0 Å². The molecule has 2 amide bonds. The third kappa shape index (κ3) is 1.58. The highest BCUT2D eigenvalue weighted by Gasteiger charge is 2.31. The van der Waals surface area contributed by atoms with Gasteiger partial charge in [-0.25, -0.2) is 0 Å². The van der Waals surface area contributed by atoms with Crippen molar-refractivity contribution in [3.05, 3.63) is 35.6 Å². The number of primary amides is 1. The summed E-state index contributed by atoms with van der Waals surface area (Å²) in [6.07, 6.45) is 7.33. The van der Waals surface area contributed by atoms with E-state index in [-0.39, 0.29) is 5.91 Å². The van der Waals surface area contributed by atoms with E-state index in [9.17, 15) is 9.59 Å². The minimum absolute atomic E-state index is 0.0466. The van der Waals surface area contributed by atoms with Crippen molar-refractivity contribution in [3.63, 3.8) is 0 Å². The maximum Gasteiger partial charge on any atom is 0.231 e. The van der Waals surface area contributed by atoms with Crippen molar-refractivity contribution in [2.24, 2.45) is 11.1 Å². The summed E-state index contributed by atoms with van der Waals surface area (Å²) in [5, 5.41) is 2.72. The zero-order valence-corrected chi connectivity index (χ0v) is 8.41. The van der Waals surface area contributed by atoms with Crippen LogP contribution in [0.3, 0.4) is 0 Å². The molecule has 3 N–H and O–H groups in total. The Morgan fingerprint density at radius 3 is 3.00 bits per heavy atom. The van der Waals surface area contributed by atoms with Crippen LogP contribution in [-0.2, 0) is 9.59 Å². The normalized spacial score (nSPS) is 28.7. The molecule has 0 radical (unpaired) electrons. The summed E-state index contributed by atoms with van der Waals surface area (Å²) in [4.78, 5) is 22.5. The number of fused-ring (bicyclic) bond motifs is 1. The van der Waals surface area contributed by atoms with E-state index in [1.54, 1.807) is 31.2 Å². The Balaban J connectivity index is 2.46. The molecule has 1 fully saturated rings. The molecule has 1 atom stereocenters. The molecule has 0 spiro atoms. The highest BCUT2D eigenvalue weighted by atomic mass is 16.2. The fourth-order valence-corrected chi connectivity index (χ4v) is 1.73. The average Bonchev–Trinajstić information content (AvgIpc) is 2.38. The van der Waals surface area contributed by atoms with Crippen LogP contribution in [-0.4, -0.2) is 11.8 Å². The van der Waals surface area contributed by atoms with Gasteiger partial charge in [0.15, 0.2) is 0 Å². The fraction of sp³-hybridized carbons (Fsp3) is 0.273. The Hall–Kier alpha value is -1.84. The van der Waals surface area contributed by atoms with Gasteiger partial charge in [-0.15, -0.1) is 0 Å². The lowest BCUT2D eigenvalue weighted by Crippen LogP contribution is -2.30. The quantitative estimate of drug-likeness (QED) is 0.648. The predicted molar refractivity (Wildman–Crippen MR) is 55.4 cm³/mol. The second-order valence-corrected chi connectivity index (χ2v) is 3.98. The summed E-state index contributed by atoms with van der Waals surface area (Å²) >= 11 is 0. The third-order valence-electron chi connectivity index (χ3n) is 2.68. The molecular weight excluding hydrogens is 192 g/mol. The molecule has 1 heterocycles. The summed E-state index contributed by atoms with van der Waals surface area (Å²) in [5.41, 5.74) is 6.12. The predicted octanol–water partition coefficient (Wildman–Crippen LogP) is 0.378. The minimum atomic E-state index is -0.806. The van der Waals surface area contributed by atoms with Crippen molar-refractivity contribution in [2.75, 3.05) is 0 Å². The molecule has 1 unspecified atom stereocenters. The third-order valence-corrected chi connectivity index (χ3v) is 2.68. The molecule has 4 nitrogen and oxygen atoms in total. The maximum atomic E-state index is 11.3. The molecule has 2 rings (SSSR count). The minimum Gasteiger partial charge on any atom is -0.369 e. The first-order chi connectivity index (χ1) is 7.01. The number of hydrogen-bond donors (Lipinski definition) is 2. The molecule has 0 aromatic rings. The van der Waals surface area contributed by atoms with Crippen molar-refractivity contribution in [2.45, 2.75) is 13.3 Å². The highest BCUT2D eigenvalue weighted by Crippen LogP contribution is 2.30. The van der Waals surface area contributed by atoms with Gasteiger partial charge < -0.3 is 11.1 Å². The van der Waals surface area contributed by atoms with Gasteiger partial charge in [-0.2, -0.15) is 0 Å². The lowest BCUT2D eigenvalue weighted by atomic mass is 9.87. The van der Waals surface area contributed by atoms with Gasteiger partial charge in [-0.1, -0.05) is 18.2 Å². The van der Waals surface area contributed by atoms with Crippen LogP contribution in [0.15, 0.2) is 35.6 Å². The smallest absolute Gasteiger partial charge is 0.231 e. The molecule has 15 heavy (non-hydrogen) atoms. The van der Waals surface area contributed by atoms with Crippen molar-refractivity contribution in [1.82, 2.24) is 5.32 Å². The van der Waals surface area contributed by atoms with Crippen LogP contribution in [0.1, 0.15) is 13.3 Å². The molecule has 1 aliphatic carbocycles. The van der Waals surface area contributed by atoms with E-state index in [1.807, 2.05) is 0 Å². The molecule has 0 aromatic heterocycles. The largest absolute Gasteiger partial charge is 0.369 e. The molecule has 1 saturated heterocycles. The van der Waals surface area contributed by atoms with E-state index in [1.165, 1.54) is 0 Å². The Bertz CT molecular complexity index is 432. The number of allylic oxidation sites excluding steroid dienone is 3. The van der Waals surface area contributed by atoms with Crippen LogP contribution in [0.2, 0.25) is 0 Å². The van der Waals surface area contributed by atoms with Gasteiger partial charge in [0.05, 0.1) is 11.8 Å². The van der Waals surface area contributed by atoms with Gasteiger partial charge in [-0.05, 0) is 18.6 Å². The van der Waals surface area contributed by atoms with Crippen LogP contribution in [0.5, 0.6) is 0 Å². The van der Waals surface area contributed by atoms with Gasteiger partial charge in [-0.3, -0.25) is 9.59 Å². The van der Waals surface area contributed by atoms with Crippen molar-refractivity contribution >= 4 is 11.8 Å². The Kier molecular flexibility index (Phi) is 2.00. The van der Waals surface area contributed by atoms with Crippen LogP contribution in [0, 0.1) is 5.41 Å². The monoisotopic (exact) mass is 204 g/mol. The maximum absolute atomic E-state index is 11.3. The number of carbonyl (C=O) groups is 2. The van der Waals surface area contributed by atoms with E-state index in [4.69, 9.17) is 5.73 Å². The first-order valence-electron chi connectivity index (χ1n) is 4.73. The van der Waals surface area contributed by atoms with Crippen LogP contribution in [0.25, 0.3) is 0 Å². The van der Waals surface area contributed by atoms with Crippen molar-refractivity contribution < 1.29 is 9.59 Å². The molecule has 0 bridgehead atoms. The zero-order chi connectivity index (χ0) is 11.1. The van der Waals surface area contributed by atoms with Gasteiger partial charge in [0.2, 0.25) is 11.8 Å². The van der Waals surface area contributed by atoms with E-state index < -0.39 is 11.3 Å². The van der Waals surface area contributed by atoms with Gasteiger partial charge >= 0.3 is 0 Å². The summed E-state index contributed by atoms with van der Waals surface area (Å²) in [6, 6.07) is 0. The Morgan fingerprint density at radius 2 is 2.33 bits per heavy atom.